The van der Waals surface area contributed by atoms with Crippen molar-refractivity contribution in [3.05, 3.63) is 95.4 Å². The van der Waals surface area contributed by atoms with E-state index in [1.54, 1.807) is 61.1 Å². The second-order valence-corrected chi connectivity index (χ2v) is 6.13. The van der Waals surface area contributed by atoms with Crippen LogP contribution in [-0.2, 0) is 0 Å². The predicted octanol–water partition coefficient (Wildman–Crippen LogP) is 4.98. The van der Waals surface area contributed by atoms with Gasteiger partial charge in [0.15, 0.2) is 11.6 Å². The van der Waals surface area contributed by atoms with E-state index >= 15 is 0 Å². The summed E-state index contributed by atoms with van der Waals surface area (Å²) in [5.74, 6) is 1.00. The molecule has 2 aromatic carbocycles. The van der Waals surface area contributed by atoms with Gasteiger partial charge in [0.05, 0.1) is 12.5 Å². The molecule has 1 aliphatic carbocycles. The molecule has 0 N–H and O–H groups in total. The number of furan rings is 2. The van der Waals surface area contributed by atoms with Crippen molar-refractivity contribution in [2.24, 2.45) is 0 Å². The third kappa shape index (κ3) is 2.09. The van der Waals surface area contributed by atoms with E-state index in [4.69, 9.17) is 8.83 Å². The highest BCUT2D eigenvalue weighted by Crippen LogP contribution is 2.33. The molecule has 4 nitrogen and oxygen atoms in total. The summed E-state index contributed by atoms with van der Waals surface area (Å²) in [6, 6.07) is 17.6. The molecule has 0 saturated carbocycles. The Morgan fingerprint density at radius 3 is 1.38 bits per heavy atom. The minimum atomic E-state index is -0.158. The molecule has 5 rings (SSSR count). The van der Waals surface area contributed by atoms with Crippen LogP contribution in [0.3, 0.4) is 0 Å². The molecule has 0 radical (unpaired) electrons. The van der Waals surface area contributed by atoms with Crippen LogP contribution < -0.4 is 0 Å². The lowest BCUT2D eigenvalue weighted by Gasteiger charge is -2.18. The van der Waals surface area contributed by atoms with Crippen LogP contribution in [0.15, 0.2) is 82.0 Å². The lowest BCUT2D eigenvalue weighted by molar-refractivity contribution is 0.0979. The molecule has 2 heterocycles. The normalized spacial score (nSPS) is 12.8. The van der Waals surface area contributed by atoms with Gasteiger partial charge < -0.3 is 8.83 Å². The van der Waals surface area contributed by atoms with Gasteiger partial charge in [-0.25, -0.2) is 0 Å². The van der Waals surface area contributed by atoms with Gasteiger partial charge in [-0.1, -0.05) is 12.1 Å². The Morgan fingerprint density at radius 1 is 0.538 bits per heavy atom. The first-order valence-corrected chi connectivity index (χ1v) is 8.17. The number of ketones is 2. The zero-order valence-electron chi connectivity index (χ0n) is 13.6. The molecule has 0 aliphatic heterocycles. The van der Waals surface area contributed by atoms with Crippen LogP contribution in [0.2, 0.25) is 0 Å². The highest BCUT2D eigenvalue weighted by atomic mass is 16.3. The Balaban J connectivity index is 1.65. The number of rotatable bonds is 2. The van der Waals surface area contributed by atoms with Crippen molar-refractivity contribution in [1.82, 2.24) is 0 Å². The van der Waals surface area contributed by atoms with Crippen molar-refractivity contribution < 1.29 is 18.4 Å². The zero-order chi connectivity index (χ0) is 17.7. The number of fused-ring (bicyclic) bond motifs is 2. The Kier molecular flexibility index (Phi) is 3.06. The van der Waals surface area contributed by atoms with Gasteiger partial charge in [0, 0.05) is 33.4 Å². The van der Waals surface area contributed by atoms with Crippen molar-refractivity contribution in [2.45, 2.75) is 0 Å². The van der Waals surface area contributed by atoms with Crippen LogP contribution in [0.1, 0.15) is 31.8 Å². The molecule has 26 heavy (non-hydrogen) atoms. The lowest BCUT2D eigenvalue weighted by Crippen LogP contribution is -2.21. The smallest absolute Gasteiger partial charge is 0.194 e. The molecule has 4 aromatic rings. The van der Waals surface area contributed by atoms with Gasteiger partial charge in [0.1, 0.15) is 11.5 Å². The van der Waals surface area contributed by atoms with Crippen LogP contribution >= 0.6 is 0 Å². The van der Waals surface area contributed by atoms with Crippen molar-refractivity contribution in [3.63, 3.8) is 0 Å². The van der Waals surface area contributed by atoms with Gasteiger partial charge in [-0.15, -0.1) is 0 Å². The molecule has 0 unspecified atom stereocenters. The van der Waals surface area contributed by atoms with E-state index in [-0.39, 0.29) is 11.6 Å². The number of benzene rings is 2. The summed E-state index contributed by atoms with van der Waals surface area (Å²) in [7, 11) is 0. The van der Waals surface area contributed by atoms with Crippen LogP contribution in [0.4, 0.5) is 0 Å². The Hall–Kier alpha value is -3.66. The highest BCUT2D eigenvalue weighted by Gasteiger charge is 2.30. The average molecular weight is 340 g/mol. The first kappa shape index (κ1) is 14.7. The van der Waals surface area contributed by atoms with Gasteiger partial charge in [-0.05, 0) is 48.5 Å². The van der Waals surface area contributed by atoms with Crippen molar-refractivity contribution in [1.29, 1.82) is 0 Å². The summed E-state index contributed by atoms with van der Waals surface area (Å²) in [4.78, 5) is 25.9. The maximum absolute atomic E-state index is 13.0. The van der Waals surface area contributed by atoms with Gasteiger partial charge in [0.2, 0.25) is 0 Å². The summed E-state index contributed by atoms with van der Waals surface area (Å²) in [5.41, 5.74) is 3.17. The molecule has 0 bridgehead atoms. The van der Waals surface area contributed by atoms with Crippen molar-refractivity contribution in [2.75, 3.05) is 0 Å². The fourth-order valence-electron chi connectivity index (χ4n) is 3.34. The fourth-order valence-corrected chi connectivity index (χ4v) is 3.34. The molecule has 124 valence electrons. The quantitative estimate of drug-likeness (QED) is 0.454. The minimum absolute atomic E-state index is 0.158. The maximum atomic E-state index is 13.0. The summed E-state index contributed by atoms with van der Waals surface area (Å²) in [6.45, 7) is 0. The van der Waals surface area contributed by atoms with E-state index in [0.717, 1.165) is 11.1 Å². The van der Waals surface area contributed by atoms with Gasteiger partial charge in [-0.2, -0.15) is 0 Å². The number of hydrogen-bond donors (Lipinski definition) is 0. The monoisotopic (exact) mass is 340 g/mol. The van der Waals surface area contributed by atoms with Crippen LogP contribution in [0.25, 0.3) is 22.6 Å². The SMILES string of the molecule is O=C1c2ccc(-c3ccco3)cc2C(=O)c2ccc(-c3ccco3)cc21. The fraction of sp³-hybridized carbons (Fsp3) is 0. The molecule has 0 spiro atoms. The van der Waals surface area contributed by atoms with Crippen molar-refractivity contribution >= 4 is 11.6 Å². The second-order valence-electron chi connectivity index (χ2n) is 6.13. The second kappa shape index (κ2) is 5.43. The summed E-state index contributed by atoms with van der Waals surface area (Å²) < 4.78 is 10.8. The van der Waals surface area contributed by atoms with Crippen LogP contribution in [-0.4, -0.2) is 11.6 Å². The first-order valence-electron chi connectivity index (χ1n) is 8.17. The third-order valence-electron chi connectivity index (χ3n) is 4.63. The highest BCUT2D eigenvalue weighted by molar-refractivity contribution is 6.28. The van der Waals surface area contributed by atoms with E-state index < -0.39 is 0 Å². The molecule has 0 fully saturated rings. The van der Waals surface area contributed by atoms with Crippen LogP contribution in [0, 0.1) is 0 Å². The number of carbonyl (C=O) groups excluding carboxylic acids is 2. The Bertz CT molecular complexity index is 1060. The van der Waals surface area contributed by atoms with Gasteiger partial charge >= 0.3 is 0 Å². The van der Waals surface area contributed by atoms with E-state index in [9.17, 15) is 9.59 Å². The van der Waals surface area contributed by atoms with E-state index in [2.05, 4.69) is 0 Å². The zero-order valence-corrected chi connectivity index (χ0v) is 13.6. The third-order valence-corrected chi connectivity index (χ3v) is 4.63. The largest absolute Gasteiger partial charge is 0.464 e. The number of hydrogen-bond acceptors (Lipinski definition) is 4. The topological polar surface area (TPSA) is 60.4 Å². The standard InChI is InChI=1S/C22H12O4/c23-21-16-8-6-14(20-4-2-10-26-20)12-18(16)22(24)15-7-5-13(11-17(15)21)19-3-1-9-25-19/h1-12H. The van der Waals surface area contributed by atoms with Crippen molar-refractivity contribution in [3.8, 4) is 22.6 Å². The first-order chi connectivity index (χ1) is 12.7. The summed E-state index contributed by atoms with van der Waals surface area (Å²) in [6.07, 6.45) is 3.15. The number of carbonyl (C=O) groups is 2. The molecular formula is C22H12O4. The summed E-state index contributed by atoms with van der Waals surface area (Å²) >= 11 is 0. The van der Waals surface area contributed by atoms with Crippen LogP contribution in [0.5, 0.6) is 0 Å². The molecule has 0 amide bonds. The molecule has 1 aliphatic rings. The minimum Gasteiger partial charge on any atom is -0.464 e. The lowest BCUT2D eigenvalue weighted by atomic mass is 9.82. The predicted molar refractivity (Wildman–Crippen MR) is 95.2 cm³/mol. The molecular weight excluding hydrogens is 328 g/mol. The molecule has 0 saturated heterocycles. The average Bonchev–Trinajstić information content (AvgIpc) is 3.39. The molecule has 4 heteroatoms. The Morgan fingerprint density at radius 2 is 1.00 bits per heavy atom. The Labute approximate surface area is 148 Å². The van der Waals surface area contributed by atoms with E-state index in [1.807, 2.05) is 12.1 Å². The van der Waals surface area contributed by atoms with E-state index in [1.165, 1.54) is 0 Å². The molecule has 0 atom stereocenters. The molecule has 2 aromatic heterocycles. The maximum Gasteiger partial charge on any atom is 0.194 e. The van der Waals surface area contributed by atoms with Gasteiger partial charge in [-0.3, -0.25) is 9.59 Å². The van der Waals surface area contributed by atoms with Gasteiger partial charge in [0.25, 0.3) is 0 Å². The van der Waals surface area contributed by atoms with E-state index in [0.29, 0.717) is 33.8 Å². The summed E-state index contributed by atoms with van der Waals surface area (Å²) in [5, 5.41) is 0.